The molecule has 1 N–H and O–H groups in total. The molecule has 0 saturated carbocycles. The van der Waals surface area contributed by atoms with Crippen molar-refractivity contribution in [1.82, 2.24) is 4.98 Å². The Morgan fingerprint density at radius 2 is 1.68 bits per heavy atom. The van der Waals surface area contributed by atoms with Crippen LogP contribution < -0.4 is 14.4 Å². The molecule has 0 bridgehead atoms. The molecule has 1 aliphatic heterocycles. The first-order valence-corrected chi connectivity index (χ1v) is 12.7. The summed E-state index contributed by atoms with van der Waals surface area (Å²) < 4.78 is 11.3. The van der Waals surface area contributed by atoms with Crippen LogP contribution in [0.5, 0.6) is 11.5 Å². The second kappa shape index (κ2) is 9.70. The maximum atomic E-state index is 13.4. The van der Waals surface area contributed by atoms with Crippen LogP contribution >= 0.6 is 34.5 Å². The van der Waals surface area contributed by atoms with E-state index in [1.807, 2.05) is 25.1 Å². The van der Waals surface area contributed by atoms with Crippen molar-refractivity contribution in [2.75, 3.05) is 19.1 Å². The van der Waals surface area contributed by atoms with Gasteiger partial charge in [-0.2, -0.15) is 0 Å². The number of aryl methyl sites for hydroxylation is 1. The predicted octanol–water partition coefficient (Wildman–Crippen LogP) is 6.56. The molecule has 4 aromatic rings. The highest BCUT2D eigenvalue weighted by atomic mass is 35.5. The molecule has 1 saturated heterocycles. The lowest BCUT2D eigenvalue weighted by Gasteiger charge is -2.23. The van der Waals surface area contributed by atoms with Crippen LogP contribution in [0.3, 0.4) is 0 Å². The van der Waals surface area contributed by atoms with Crippen LogP contribution in [0.4, 0.5) is 5.13 Å². The number of methoxy groups -OCH3 is 2. The van der Waals surface area contributed by atoms with Gasteiger partial charge in [0.25, 0.3) is 5.78 Å². The number of hydrogen-bond acceptors (Lipinski definition) is 7. The number of anilines is 1. The molecule has 1 aliphatic rings. The number of fused-ring (bicyclic) bond motifs is 1. The third kappa shape index (κ3) is 4.31. The summed E-state index contributed by atoms with van der Waals surface area (Å²) in [5, 5.41) is 12.0. The van der Waals surface area contributed by atoms with Crippen molar-refractivity contribution in [2.24, 2.45) is 0 Å². The topological polar surface area (TPSA) is 89.0 Å². The Hall–Kier alpha value is -3.59. The van der Waals surface area contributed by atoms with Crippen molar-refractivity contribution in [3.63, 3.8) is 0 Å². The number of benzene rings is 3. The molecule has 37 heavy (non-hydrogen) atoms. The van der Waals surface area contributed by atoms with Gasteiger partial charge in [0.05, 0.1) is 46.1 Å². The molecule has 0 aliphatic carbocycles. The van der Waals surface area contributed by atoms with Gasteiger partial charge in [-0.15, -0.1) is 0 Å². The third-order valence-electron chi connectivity index (χ3n) is 6.09. The minimum Gasteiger partial charge on any atom is -0.507 e. The molecule has 1 fully saturated rings. The maximum Gasteiger partial charge on any atom is 0.301 e. The first-order chi connectivity index (χ1) is 17.7. The van der Waals surface area contributed by atoms with Gasteiger partial charge in [-0.1, -0.05) is 52.7 Å². The van der Waals surface area contributed by atoms with Crippen LogP contribution in [0, 0.1) is 6.92 Å². The summed E-state index contributed by atoms with van der Waals surface area (Å²) in [6.45, 7) is 1.97. The number of aliphatic hydroxyl groups excluding tert-OH is 1. The quantitative estimate of drug-likeness (QED) is 0.171. The SMILES string of the molecule is COc1ccc(C2/C(=C(\O)c3cc(Cl)c(OC)c(Cl)c3)C(=O)C(=O)N2c2nc3ccc(C)cc3s2)cc1. The van der Waals surface area contributed by atoms with E-state index in [0.29, 0.717) is 22.0 Å². The lowest BCUT2D eigenvalue weighted by atomic mass is 9.95. The smallest absolute Gasteiger partial charge is 0.301 e. The zero-order chi connectivity index (χ0) is 26.4. The van der Waals surface area contributed by atoms with Gasteiger partial charge < -0.3 is 14.6 Å². The minimum atomic E-state index is -0.952. The third-order valence-corrected chi connectivity index (χ3v) is 7.67. The van der Waals surface area contributed by atoms with Gasteiger partial charge in [0.2, 0.25) is 0 Å². The van der Waals surface area contributed by atoms with Crippen LogP contribution in [0.15, 0.2) is 60.2 Å². The molecule has 10 heteroatoms. The molecule has 3 aromatic carbocycles. The first kappa shape index (κ1) is 25.1. The number of ether oxygens (including phenoxy) is 2. The number of Topliss-reactive ketones (excluding diaryl/α,β-unsaturated/α-hetero) is 1. The fourth-order valence-corrected chi connectivity index (χ4v) is 6.03. The van der Waals surface area contributed by atoms with Crippen LogP contribution in [0.1, 0.15) is 22.7 Å². The number of aromatic nitrogens is 1. The van der Waals surface area contributed by atoms with Gasteiger partial charge in [-0.05, 0) is 54.4 Å². The molecular formula is C27H20Cl2N2O5S. The van der Waals surface area contributed by atoms with Gasteiger partial charge in [0.1, 0.15) is 11.5 Å². The van der Waals surface area contributed by atoms with Gasteiger partial charge >= 0.3 is 5.91 Å². The Morgan fingerprint density at radius 1 is 1.00 bits per heavy atom. The summed E-state index contributed by atoms with van der Waals surface area (Å²) in [5.41, 5.74) is 2.40. The van der Waals surface area contributed by atoms with E-state index in [9.17, 15) is 14.7 Å². The van der Waals surface area contributed by atoms with E-state index in [1.54, 1.807) is 31.4 Å². The Bertz CT molecular complexity index is 1570. The van der Waals surface area contributed by atoms with E-state index < -0.39 is 23.5 Å². The number of ketones is 1. The predicted molar refractivity (Wildman–Crippen MR) is 145 cm³/mol. The lowest BCUT2D eigenvalue weighted by molar-refractivity contribution is -0.132. The summed E-state index contributed by atoms with van der Waals surface area (Å²) in [6, 6.07) is 14.6. The average molecular weight is 555 g/mol. The number of halogens is 2. The molecule has 0 radical (unpaired) electrons. The fourth-order valence-electron chi connectivity index (χ4n) is 4.30. The zero-order valence-corrected chi connectivity index (χ0v) is 22.2. The van der Waals surface area contributed by atoms with Gasteiger partial charge in [0.15, 0.2) is 10.9 Å². The first-order valence-electron chi connectivity index (χ1n) is 11.1. The second-order valence-corrected chi connectivity index (χ2v) is 10.2. The van der Waals surface area contributed by atoms with Crippen LogP contribution in [0.25, 0.3) is 16.0 Å². The van der Waals surface area contributed by atoms with E-state index in [0.717, 1.165) is 10.3 Å². The largest absolute Gasteiger partial charge is 0.507 e. The Labute approximate surface area is 226 Å². The van der Waals surface area contributed by atoms with Crippen molar-refractivity contribution in [2.45, 2.75) is 13.0 Å². The van der Waals surface area contributed by atoms with Crippen molar-refractivity contribution in [3.8, 4) is 11.5 Å². The number of thiazole rings is 1. The average Bonchev–Trinajstić information content (AvgIpc) is 3.41. The highest BCUT2D eigenvalue weighted by molar-refractivity contribution is 7.22. The molecule has 1 amide bonds. The summed E-state index contributed by atoms with van der Waals surface area (Å²) in [4.78, 5) is 32.8. The van der Waals surface area contributed by atoms with Crippen LogP contribution in [-0.2, 0) is 9.59 Å². The van der Waals surface area contributed by atoms with Crippen molar-refractivity contribution in [1.29, 1.82) is 0 Å². The number of amides is 1. The molecule has 1 unspecified atom stereocenters. The normalized spacial score (nSPS) is 17.0. The van der Waals surface area contributed by atoms with E-state index in [1.165, 1.54) is 35.5 Å². The summed E-state index contributed by atoms with van der Waals surface area (Å²) in [5.74, 6) is -1.23. The fraction of sp³-hybridized carbons (Fsp3) is 0.148. The molecule has 1 aromatic heterocycles. The highest BCUT2D eigenvalue weighted by Crippen LogP contribution is 2.45. The zero-order valence-electron chi connectivity index (χ0n) is 19.9. The Morgan fingerprint density at radius 3 is 2.30 bits per heavy atom. The van der Waals surface area contributed by atoms with Gasteiger partial charge in [0, 0.05) is 5.56 Å². The lowest BCUT2D eigenvalue weighted by Crippen LogP contribution is -2.29. The molecular weight excluding hydrogens is 535 g/mol. The molecule has 5 rings (SSSR count). The monoisotopic (exact) mass is 554 g/mol. The van der Waals surface area contributed by atoms with Crippen molar-refractivity contribution < 1.29 is 24.2 Å². The van der Waals surface area contributed by atoms with E-state index >= 15 is 0 Å². The van der Waals surface area contributed by atoms with Crippen LogP contribution in [-0.4, -0.2) is 36.0 Å². The van der Waals surface area contributed by atoms with Crippen molar-refractivity contribution in [3.05, 3.63) is 86.9 Å². The number of carbonyl (C=O) groups is 2. The maximum absolute atomic E-state index is 13.4. The molecule has 0 spiro atoms. The Balaban J connectivity index is 1.73. The van der Waals surface area contributed by atoms with Gasteiger partial charge in [-0.25, -0.2) is 4.98 Å². The summed E-state index contributed by atoms with van der Waals surface area (Å²) in [6.07, 6.45) is 0. The number of hydrogen-bond donors (Lipinski definition) is 1. The standard InChI is InChI=1S/C27H20Cl2N2O5S/c1-13-4-9-19-20(10-13)37-27(30-19)31-22(14-5-7-16(35-2)8-6-14)21(24(33)26(31)34)23(32)15-11-17(28)25(36-3)18(29)12-15/h4-12,22,32H,1-3H3/b23-21+. The molecule has 1 atom stereocenters. The molecule has 7 nitrogen and oxygen atoms in total. The van der Waals surface area contributed by atoms with E-state index in [2.05, 4.69) is 4.98 Å². The highest BCUT2D eigenvalue weighted by Gasteiger charge is 2.48. The molecule has 2 heterocycles. The van der Waals surface area contributed by atoms with Crippen molar-refractivity contribution >= 4 is 67.3 Å². The number of nitrogens with zero attached hydrogens (tertiary/aromatic N) is 2. The number of rotatable bonds is 5. The second-order valence-electron chi connectivity index (χ2n) is 8.38. The summed E-state index contributed by atoms with van der Waals surface area (Å²) >= 11 is 13.9. The number of aliphatic hydroxyl groups is 1. The van der Waals surface area contributed by atoms with Gasteiger partial charge in [-0.3, -0.25) is 14.5 Å². The van der Waals surface area contributed by atoms with E-state index in [4.69, 9.17) is 32.7 Å². The summed E-state index contributed by atoms with van der Waals surface area (Å²) in [7, 11) is 2.96. The van der Waals surface area contributed by atoms with E-state index in [-0.39, 0.29) is 26.9 Å². The molecule has 188 valence electrons. The Kier molecular flexibility index (Phi) is 6.58. The number of carbonyl (C=O) groups excluding carboxylic acids is 2. The minimum absolute atomic E-state index is 0.108. The van der Waals surface area contributed by atoms with Crippen LogP contribution in [0.2, 0.25) is 10.0 Å².